The largest absolute Gasteiger partial charge is 0.493 e. The minimum atomic E-state index is -0.869. The number of methoxy groups -OCH3 is 6. The van der Waals surface area contributed by atoms with Gasteiger partial charge in [-0.25, -0.2) is 0 Å². The van der Waals surface area contributed by atoms with Gasteiger partial charge in [0.05, 0.1) is 54.5 Å². The molecule has 0 radical (unpaired) electrons. The first kappa shape index (κ1) is 30.2. The summed E-state index contributed by atoms with van der Waals surface area (Å²) >= 11 is 0. The SMILES string of the molecule is CCC(C(=O)O)c1cc(OC)c(OC)c(OC)c1.CC[C@H](C(=O)O)c1cc(OC)c(OC)c(OC)c1. The van der Waals surface area contributed by atoms with Crippen LogP contribution in [-0.4, -0.2) is 64.8 Å². The summed E-state index contributed by atoms with van der Waals surface area (Å²) in [6.45, 7) is 3.64. The molecule has 0 saturated heterocycles. The van der Waals surface area contributed by atoms with Gasteiger partial charge in [-0.05, 0) is 48.2 Å². The predicted molar refractivity (Wildman–Crippen MR) is 134 cm³/mol. The lowest BCUT2D eigenvalue weighted by Crippen LogP contribution is -2.11. The topological polar surface area (TPSA) is 130 Å². The Morgan fingerprint density at radius 1 is 0.583 bits per heavy atom. The van der Waals surface area contributed by atoms with Crippen LogP contribution < -0.4 is 28.4 Å². The van der Waals surface area contributed by atoms with Crippen LogP contribution in [0.5, 0.6) is 34.5 Å². The molecule has 0 aliphatic heterocycles. The Hall–Kier alpha value is -3.82. The molecule has 10 nitrogen and oxygen atoms in total. The van der Waals surface area contributed by atoms with Crippen molar-refractivity contribution in [3.05, 3.63) is 35.4 Å². The summed E-state index contributed by atoms with van der Waals surface area (Å²) in [4.78, 5) is 22.3. The molecule has 0 aromatic heterocycles. The third kappa shape index (κ3) is 7.10. The van der Waals surface area contributed by atoms with Gasteiger partial charge in [0.15, 0.2) is 23.0 Å². The van der Waals surface area contributed by atoms with E-state index in [0.29, 0.717) is 58.5 Å². The van der Waals surface area contributed by atoms with Crippen LogP contribution in [0.4, 0.5) is 0 Å². The molecule has 0 aliphatic carbocycles. The molecule has 0 spiro atoms. The second-order valence-corrected chi connectivity index (χ2v) is 7.52. The predicted octanol–water partition coefficient (Wildman–Crippen LogP) is 4.58. The van der Waals surface area contributed by atoms with Gasteiger partial charge in [-0.2, -0.15) is 0 Å². The standard InChI is InChI=1S/2C13H18O5/c2*1-5-9(13(14)15)8-6-10(16-2)12(18-4)11(7-8)17-3/h2*6-7,9H,5H2,1-4H3,(H,14,15)/t9-;/m0./s1. The summed E-state index contributed by atoms with van der Waals surface area (Å²) in [5, 5.41) is 18.3. The van der Waals surface area contributed by atoms with Crippen LogP contribution in [0.2, 0.25) is 0 Å². The van der Waals surface area contributed by atoms with Crippen molar-refractivity contribution < 1.29 is 48.2 Å². The molecule has 2 atom stereocenters. The highest BCUT2D eigenvalue weighted by atomic mass is 16.5. The molecule has 2 aromatic rings. The third-order valence-corrected chi connectivity index (χ3v) is 5.59. The highest BCUT2D eigenvalue weighted by Gasteiger charge is 2.23. The maximum Gasteiger partial charge on any atom is 0.310 e. The summed E-state index contributed by atoms with van der Waals surface area (Å²) < 4.78 is 31.2. The first-order chi connectivity index (χ1) is 17.2. The fraction of sp³-hybridized carbons (Fsp3) is 0.462. The Labute approximate surface area is 211 Å². The molecular formula is C26H36O10. The fourth-order valence-electron chi connectivity index (χ4n) is 3.71. The number of carbonyl (C=O) groups is 2. The third-order valence-electron chi connectivity index (χ3n) is 5.59. The van der Waals surface area contributed by atoms with E-state index >= 15 is 0 Å². The summed E-state index contributed by atoms with van der Waals surface area (Å²) in [6, 6.07) is 6.68. The number of carboxylic acid groups (broad SMARTS) is 2. The Morgan fingerprint density at radius 2 is 0.833 bits per heavy atom. The van der Waals surface area contributed by atoms with Gasteiger partial charge < -0.3 is 38.6 Å². The van der Waals surface area contributed by atoms with E-state index in [9.17, 15) is 9.59 Å². The van der Waals surface area contributed by atoms with Crippen LogP contribution in [0.25, 0.3) is 0 Å². The van der Waals surface area contributed by atoms with Crippen molar-refractivity contribution in [2.75, 3.05) is 42.7 Å². The lowest BCUT2D eigenvalue weighted by molar-refractivity contribution is -0.139. The number of hydrogen-bond donors (Lipinski definition) is 2. The maximum atomic E-state index is 11.2. The van der Waals surface area contributed by atoms with Gasteiger partial charge in [0.25, 0.3) is 0 Å². The summed E-state index contributed by atoms with van der Waals surface area (Å²) in [5.41, 5.74) is 1.28. The summed E-state index contributed by atoms with van der Waals surface area (Å²) in [7, 11) is 9.03. The monoisotopic (exact) mass is 508 g/mol. The first-order valence-corrected chi connectivity index (χ1v) is 11.2. The smallest absolute Gasteiger partial charge is 0.310 e. The van der Waals surface area contributed by atoms with Gasteiger partial charge in [0.2, 0.25) is 11.5 Å². The normalized spacial score (nSPS) is 11.8. The Bertz CT molecular complexity index is 886. The molecule has 0 amide bonds. The van der Waals surface area contributed by atoms with Crippen molar-refractivity contribution >= 4 is 11.9 Å². The molecule has 0 aliphatic rings. The highest BCUT2D eigenvalue weighted by Crippen LogP contribution is 2.41. The molecule has 200 valence electrons. The highest BCUT2D eigenvalue weighted by molar-refractivity contribution is 5.77. The van der Waals surface area contributed by atoms with Gasteiger partial charge >= 0.3 is 11.9 Å². The number of aliphatic carboxylic acids is 2. The van der Waals surface area contributed by atoms with Crippen molar-refractivity contribution in [1.82, 2.24) is 0 Å². The molecule has 2 aromatic carbocycles. The van der Waals surface area contributed by atoms with Crippen LogP contribution in [-0.2, 0) is 9.59 Å². The quantitative estimate of drug-likeness (QED) is 0.420. The number of benzene rings is 2. The molecular weight excluding hydrogens is 472 g/mol. The van der Waals surface area contributed by atoms with E-state index < -0.39 is 23.8 Å². The molecule has 10 heteroatoms. The van der Waals surface area contributed by atoms with Crippen LogP contribution >= 0.6 is 0 Å². The zero-order chi connectivity index (χ0) is 27.4. The number of ether oxygens (including phenoxy) is 6. The van der Waals surface area contributed by atoms with Gasteiger partial charge in [-0.3, -0.25) is 9.59 Å². The van der Waals surface area contributed by atoms with Gasteiger partial charge in [-0.1, -0.05) is 13.8 Å². The molecule has 0 heterocycles. The van der Waals surface area contributed by atoms with Crippen molar-refractivity contribution in [1.29, 1.82) is 0 Å². The minimum Gasteiger partial charge on any atom is -0.493 e. The Morgan fingerprint density at radius 3 is 0.972 bits per heavy atom. The molecule has 2 rings (SSSR count). The van der Waals surface area contributed by atoms with Crippen LogP contribution in [0.15, 0.2) is 24.3 Å². The molecule has 1 unspecified atom stereocenters. The molecule has 0 saturated carbocycles. The molecule has 0 fully saturated rings. The van der Waals surface area contributed by atoms with E-state index in [4.69, 9.17) is 38.6 Å². The average molecular weight is 509 g/mol. The zero-order valence-corrected chi connectivity index (χ0v) is 22.0. The zero-order valence-electron chi connectivity index (χ0n) is 22.0. The van der Waals surface area contributed by atoms with Crippen molar-refractivity contribution in [2.24, 2.45) is 0 Å². The van der Waals surface area contributed by atoms with Crippen molar-refractivity contribution in [2.45, 2.75) is 38.5 Å². The lowest BCUT2D eigenvalue weighted by Gasteiger charge is -2.16. The van der Waals surface area contributed by atoms with E-state index in [2.05, 4.69) is 0 Å². The molecule has 2 N–H and O–H groups in total. The second kappa shape index (κ2) is 14.6. The van der Waals surface area contributed by atoms with Crippen molar-refractivity contribution in [3.8, 4) is 34.5 Å². The number of rotatable bonds is 12. The van der Waals surface area contributed by atoms with E-state index in [1.807, 2.05) is 13.8 Å². The first-order valence-electron chi connectivity index (χ1n) is 11.2. The molecule has 36 heavy (non-hydrogen) atoms. The number of hydrogen-bond acceptors (Lipinski definition) is 8. The average Bonchev–Trinajstić information content (AvgIpc) is 2.87. The Balaban J connectivity index is 0.000000360. The van der Waals surface area contributed by atoms with E-state index in [1.54, 1.807) is 24.3 Å². The maximum absolute atomic E-state index is 11.2. The van der Waals surface area contributed by atoms with Gasteiger partial charge in [-0.15, -0.1) is 0 Å². The van der Waals surface area contributed by atoms with Gasteiger partial charge in [0, 0.05) is 0 Å². The Kier molecular flexibility index (Phi) is 12.2. The second-order valence-electron chi connectivity index (χ2n) is 7.52. The summed E-state index contributed by atoms with van der Waals surface area (Å²) in [5.74, 6) is -0.125. The fourth-order valence-corrected chi connectivity index (χ4v) is 3.71. The van der Waals surface area contributed by atoms with Crippen LogP contribution in [0, 0.1) is 0 Å². The minimum absolute atomic E-state index is 0.462. The molecule has 0 bridgehead atoms. The summed E-state index contributed by atoms with van der Waals surface area (Å²) in [6.07, 6.45) is 0.988. The van der Waals surface area contributed by atoms with Crippen LogP contribution in [0.3, 0.4) is 0 Å². The van der Waals surface area contributed by atoms with Crippen LogP contribution in [0.1, 0.15) is 49.7 Å². The number of carboxylic acids is 2. The van der Waals surface area contributed by atoms with E-state index in [0.717, 1.165) is 0 Å². The van der Waals surface area contributed by atoms with E-state index in [-0.39, 0.29) is 0 Å². The van der Waals surface area contributed by atoms with E-state index in [1.165, 1.54) is 42.7 Å². The van der Waals surface area contributed by atoms with Crippen molar-refractivity contribution in [3.63, 3.8) is 0 Å². The lowest BCUT2D eigenvalue weighted by atomic mass is 9.96. The van der Waals surface area contributed by atoms with Gasteiger partial charge in [0.1, 0.15) is 0 Å².